The van der Waals surface area contributed by atoms with Crippen molar-refractivity contribution in [2.45, 2.75) is 32.6 Å². The van der Waals surface area contributed by atoms with Gasteiger partial charge in [0.25, 0.3) is 0 Å². The summed E-state index contributed by atoms with van der Waals surface area (Å²) < 4.78 is 0. The number of rotatable bonds is 6. The number of carboxylic acids is 1. The van der Waals surface area contributed by atoms with Crippen LogP contribution in [0.4, 0.5) is 0 Å². The molecular weight excluding hydrogens is 216 g/mol. The summed E-state index contributed by atoms with van der Waals surface area (Å²) in [6.07, 6.45) is 5.26. The smallest absolute Gasteiger partial charge is 0.331 e. The fourth-order valence-corrected chi connectivity index (χ4v) is 1.58. The van der Waals surface area contributed by atoms with Gasteiger partial charge in [0.15, 0.2) is 0 Å². The monoisotopic (exact) mass is 234 g/mol. The highest BCUT2D eigenvalue weighted by atomic mass is 16.4. The second-order valence-corrected chi connectivity index (χ2v) is 4.02. The third kappa shape index (κ3) is 4.72. The van der Waals surface area contributed by atoms with Crippen LogP contribution in [0.1, 0.15) is 38.2 Å². The summed E-state index contributed by atoms with van der Waals surface area (Å²) in [6, 6.07) is 6.52. The Hall–Kier alpha value is -1.77. The van der Waals surface area contributed by atoms with Crippen molar-refractivity contribution >= 4 is 12.0 Å². The van der Waals surface area contributed by atoms with E-state index in [9.17, 15) is 4.79 Å². The summed E-state index contributed by atoms with van der Waals surface area (Å²) in [5, 5.41) is 18.2. The lowest BCUT2D eigenvalue weighted by Gasteiger charge is -2.02. The van der Waals surface area contributed by atoms with E-state index in [1.807, 2.05) is 0 Å². The van der Waals surface area contributed by atoms with Gasteiger partial charge in [0.05, 0.1) is 0 Å². The molecule has 0 heterocycles. The highest BCUT2D eigenvalue weighted by Crippen LogP contribution is 2.16. The Bertz CT molecular complexity index is 390. The van der Waals surface area contributed by atoms with Crippen LogP contribution in [0.25, 0.3) is 6.08 Å². The van der Waals surface area contributed by atoms with E-state index in [1.165, 1.54) is 0 Å². The van der Waals surface area contributed by atoms with Crippen LogP contribution in [0.3, 0.4) is 0 Å². The van der Waals surface area contributed by atoms with Gasteiger partial charge in [0.1, 0.15) is 5.75 Å². The minimum atomic E-state index is -0.867. The fourth-order valence-electron chi connectivity index (χ4n) is 1.58. The highest BCUT2D eigenvalue weighted by molar-refractivity contribution is 5.92. The van der Waals surface area contributed by atoms with Crippen molar-refractivity contribution in [3.63, 3.8) is 0 Å². The Morgan fingerprint density at radius 1 is 1.24 bits per heavy atom. The average molecular weight is 234 g/mol. The standard InChI is InChI=1S/C14H18O3/c1-2-3-4-5-12(14(16)17)10-11-6-8-13(15)9-7-11/h6-10,15H,2-5H2,1H3,(H,16,17). The highest BCUT2D eigenvalue weighted by Gasteiger charge is 2.06. The molecule has 0 aliphatic carbocycles. The molecule has 0 spiro atoms. The summed E-state index contributed by atoms with van der Waals surface area (Å²) in [5.74, 6) is -0.681. The maximum Gasteiger partial charge on any atom is 0.331 e. The number of aliphatic carboxylic acids is 1. The van der Waals surface area contributed by atoms with Crippen LogP contribution < -0.4 is 0 Å². The zero-order valence-corrected chi connectivity index (χ0v) is 10.0. The molecule has 0 bridgehead atoms. The van der Waals surface area contributed by atoms with E-state index in [0.29, 0.717) is 12.0 Å². The number of phenols is 1. The topological polar surface area (TPSA) is 57.5 Å². The number of hydrogen-bond acceptors (Lipinski definition) is 2. The lowest BCUT2D eigenvalue weighted by atomic mass is 10.0. The van der Waals surface area contributed by atoms with Crippen molar-refractivity contribution in [3.05, 3.63) is 35.4 Å². The van der Waals surface area contributed by atoms with Crippen LogP contribution in [0.15, 0.2) is 29.8 Å². The van der Waals surface area contributed by atoms with E-state index < -0.39 is 5.97 Å². The first kappa shape index (κ1) is 13.3. The second kappa shape index (κ2) is 6.74. The van der Waals surface area contributed by atoms with E-state index in [-0.39, 0.29) is 5.75 Å². The number of phenolic OH excluding ortho intramolecular Hbond substituents is 1. The Morgan fingerprint density at radius 2 is 1.88 bits per heavy atom. The van der Waals surface area contributed by atoms with Crippen LogP contribution in [-0.2, 0) is 4.79 Å². The van der Waals surface area contributed by atoms with E-state index >= 15 is 0 Å². The molecule has 0 unspecified atom stereocenters. The molecule has 0 aliphatic heterocycles. The molecule has 2 N–H and O–H groups in total. The molecule has 0 fully saturated rings. The van der Waals surface area contributed by atoms with Crippen LogP contribution >= 0.6 is 0 Å². The summed E-state index contributed by atoms with van der Waals surface area (Å²) in [7, 11) is 0. The predicted octanol–water partition coefficient (Wildman–Crippen LogP) is 3.44. The van der Waals surface area contributed by atoms with Crippen molar-refractivity contribution in [2.75, 3.05) is 0 Å². The van der Waals surface area contributed by atoms with Crippen molar-refractivity contribution in [1.29, 1.82) is 0 Å². The van der Waals surface area contributed by atoms with Crippen molar-refractivity contribution in [2.24, 2.45) is 0 Å². The molecule has 0 radical (unpaired) electrons. The SMILES string of the molecule is CCCCCC(=Cc1ccc(O)cc1)C(=O)O. The molecule has 0 saturated carbocycles. The van der Waals surface area contributed by atoms with Gasteiger partial charge in [-0.1, -0.05) is 31.9 Å². The Kier molecular flexibility index (Phi) is 5.27. The van der Waals surface area contributed by atoms with Crippen LogP contribution in [0.5, 0.6) is 5.75 Å². The van der Waals surface area contributed by atoms with Gasteiger partial charge >= 0.3 is 5.97 Å². The Labute approximate surface area is 101 Å². The van der Waals surface area contributed by atoms with Gasteiger partial charge in [-0.05, 0) is 36.6 Å². The fraction of sp³-hybridized carbons (Fsp3) is 0.357. The molecule has 17 heavy (non-hydrogen) atoms. The van der Waals surface area contributed by atoms with Gasteiger partial charge in [0, 0.05) is 5.57 Å². The lowest BCUT2D eigenvalue weighted by Crippen LogP contribution is -2.00. The van der Waals surface area contributed by atoms with E-state index in [4.69, 9.17) is 10.2 Å². The number of carbonyl (C=O) groups is 1. The molecule has 92 valence electrons. The van der Waals surface area contributed by atoms with Gasteiger partial charge in [0.2, 0.25) is 0 Å². The van der Waals surface area contributed by atoms with Gasteiger partial charge in [-0.3, -0.25) is 0 Å². The number of aromatic hydroxyl groups is 1. The van der Waals surface area contributed by atoms with E-state index in [1.54, 1.807) is 30.3 Å². The van der Waals surface area contributed by atoms with Crippen LogP contribution in [0, 0.1) is 0 Å². The first-order chi connectivity index (χ1) is 8.13. The third-order valence-electron chi connectivity index (χ3n) is 2.56. The summed E-state index contributed by atoms with van der Waals surface area (Å²) in [5.41, 5.74) is 1.22. The molecule has 0 saturated heterocycles. The van der Waals surface area contributed by atoms with Crippen molar-refractivity contribution in [3.8, 4) is 5.75 Å². The summed E-state index contributed by atoms with van der Waals surface area (Å²) in [4.78, 5) is 11.0. The Morgan fingerprint density at radius 3 is 2.41 bits per heavy atom. The van der Waals surface area contributed by atoms with E-state index in [2.05, 4.69) is 6.92 Å². The largest absolute Gasteiger partial charge is 0.508 e. The van der Waals surface area contributed by atoms with Crippen LogP contribution in [0.2, 0.25) is 0 Å². The van der Waals surface area contributed by atoms with Crippen molar-refractivity contribution < 1.29 is 15.0 Å². The van der Waals surface area contributed by atoms with Gasteiger partial charge in [-0.15, -0.1) is 0 Å². The molecule has 0 aliphatic rings. The van der Waals surface area contributed by atoms with E-state index in [0.717, 1.165) is 24.8 Å². The number of carboxylic acid groups (broad SMARTS) is 1. The molecule has 1 aromatic carbocycles. The molecule has 0 aromatic heterocycles. The lowest BCUT2D eigenvalue weighted by molar-refractivity contribution is -0.132. The number of unbranched alkanes of at least 4 members (excludes halogenated alkanes) is 2. The zero-order chi connectivity index (χ0) is 12.7. The van der Waals surface area contributed by atoms with Gasteiger partial charge in [-0.2, -0.15) is 0 Å². The zero-order valence-electron chi connectivity index (χ0n) is 10.0. The molecule has 0 amide bonds. The minimum absolute atomic E-state index is 0.185. The maximum absolute atomic E-state index is 11.0. The molecule has 3 nitrogen and oxygen atoms in total. The predicted molar refractivity (Wildman–Crippen MR) is 67.9 cm³/mol. The normalized spacial score (nSPS) is 11.5. The second-order valence-electron chi connectivity index (χ2n) is 4.02. The molecule has 3 heteroatoms. The first-order valence-electron chi connectivity index (χ1n) is 5.86. The first-order valence-corrected chi connectivity index (χ1v) is 5.86. The molecule has 1 rings (SSSR count). The maximum atomic E-state index is 11.0. The molecule has 1 aromatic rings. The minimum Gasteiger partial charge on any atom is -0.508 e. The summed E-state index contributed by atoms with van der Waals surface area (Å²) >= 11 is 0. The quantitative estimate of drug-likeness (QED) is 0.585. The average Bonchev–Trinajstić information content (AvgIpc) is 2.30. The molecular formula is C14H18O3. The third-order valence-corrected chi connectivity index (χ3v) is 2.56. The van der Waals surface area contributed by atoms with Crippen molar-refractivity contribution in [1.82, 2.24) is 0 Å². The number of hydrogen-bond donors (Lipinski definition) is 2. The summed E-state index contributed by atoms with van der Waals surface area (Å²) in [6.45, 7) is 2.09. The van der Waals surface area contributed by atoms with Gasteiger partial charge in [-0.25, -0.2) is 4.79 Å². The number of benzene rings is 1. The van der Waals surface area contributed by atoms with Gasteiger partial charge < -0.3 is 10.2 Å². The molecule has 0 atom stereocenters. The van der Waals surface area contributed by atoms with Crippen LogP contribution in [-0.4, -0.2) is 16.2 Å². The Balaban J connectivity index is 2.75.